The number of alkyl halides is 1. The molecule has 7 heteroatoms. The molecule has 0 spiro atoms. The molecule has 0 fully saturated rings. The van der Waals surface area contributed by atoms with Crippen molar-refractivity contribution >= 4 is 40.4 Å². The SMILES string of the molecule is Nc1cc(C(=O)CCl)c([N+](=O)[O-])cc1Cl. The fourth-order valence-corrected chi connectivity index (χ4v) is 1.33. The molecule has 1 aromatic carbocycles. The summed E-state index contributed by atoms with van der Waals surface area (Å²) < 4.78 is 0. The van der Waals surface area contributed by atoms with Crippen molar-refractivity contribution in [1.82, 2.24) is 0 Å². The monoisotopic (exact) mass is 248 g/mol. The summed E-state index contributed by atoms with van der Waals surface area (Å²) >= 11 is 10.9. The van der Waals surface area contributed by atoms with E-state index in [4.69, 9.17) is 28.9 Å². The summed E-state index contributed by atoms with van der Waals surface area (Å²) in [5.41, 5.74) is 5.02. The van der Waals surface area contributed by atoms with E-state index in [-0.39, 0.29) is 27.8 Å². The van der Waals surface area contributed by atoms with Gasteiger partial charge in [-0.25, -0.2) is 0 Å². The highest BCUT2D eigenvalue weighted by molar-refractivity contribution is 6.34. The number of anilines is 1. The first kappa shape index (κ1) is 11.7. The van der Waals surface area contributed by atoms with Crippen LogP contribution in [0.5, 0.6) is 0 Å². The summed E-state index contributed by atoms with van der Waals surface area (Å²) in [6.07, 6.45) is 0. The van der Waals surface area contributed by atoms with Gasteiger partial charge in [-0.2, -0.15) is 0 Å². The number of nitro groups is 1. The molecule has 15 heavy (non-hydrogen) atoms. The first-order valence-electron chi connectivity index (χ1n) is 3.80. The molecule has 2 N–H and O–H groups in total. The van der Waals surface area contributed by atoms with Crippen LogP contribution in [0, 0.1) is 10.1 Å². The quantitative estimate of drug-likeness (QED) is 0.292. The van der Waals surface area contributed by atoms with E-state index < -0.39 is 10.7 Å². The molecule has 0 amide bonds. The maximum Gasteiger partial charge on any atom is 0.281 e. The van der Waals surface area contributed by atoms with Crippen molar-refractivity contribution < 1.29 is 9.72 Å². The number of rotatable bonds is 3. The second-order valence-electron chi connectivity index (χ2n) is 2.70. The van der Waals surface area contributed by atoms with Gasteiger partial charge >= 0.3 is 0 Å². The first-order chi connectivity index (χ1) is 6.97. The van der Waals surface area contributed by atoms with Crippen LogP contribution >= 0.6 is 23.2 Å². The fourth-order valence-electron chi connectivity index (χ4n) is 1.03. The lowest BCUT2D eigenvalue weighted by atomic mass is 10.1. The van der Waals surface area contributed by atoms with Crippen molar-refractivity contribution in [3.05, 3.63) is 32.8 Å². The molecule has 0 aliphatic heterocycles. The molecular weight excluding hydrogens is 243 g/mol. The van der Waals surface area contributed by atoms with E-state index in [1.54, 1.807) is 0 Å². The number of nitrogen functional groups attached to an aromatic ring is 1. The minimum absolute atomic E-state index is 0.0350. The molecule has 1 aromatic rings. The van der Waals surface area contributed by atoms with Crippen molar-refractivity contribution in [2.45, 2.75) is 0 Å². The molecule has 0 saturated carbocycles. The largest absolute Gasteiger partial charge is 0.397 e. The molecule has 0 radical (unpaired) electrons. The lowest BCUT2D eigenvalue weighted by Crippen LogP contribution is -2.06. The van der Waals surface area contributed by atoms with Gasteiger partial charge in [-0.1, -0.05) is 11.6 Å². The number of nitrogens with two attached hydrogens (primary N) is 1. The standard InChI is InChI=1S/C8H6Cl2N2O3/c9-3-8(13)4-1-6(11)5(10)2-7(4)12(14)15/h1-2H,3,11H2. The van der Waals surface area contributed by atoms with E-state index in [0.717, 1.165) is 12.1 Å². The molecule has 80 valence electrons. The van der Waals surface area contributed by atoms with Gasteiger partial charge in [-0.3, -0.25) is 14.9 Å². The van der Waals surface area contributed by atoms with Gasteiger partial charge in [0.15, 0.2) is 5.78 Å². The van der Waals surface area contributed by atoms with Crippen LogP contribution < -0.4 is 5.73 Å². The Hall–Kier alpha value is -1.33. The molecule has 0 aromatic heterocycles. The third-order valence-electron chi connectivity index (χ3n) is 1.73. The Kier molecular flexibility index (Phi) is 3.49. The van der Waals surface area contributed by atoms with Crippen molar-refractivity contribution in [3.63, 3.8) is 0 Å². The number of hydrogen-bond acceptors (Lipinski definition) is 4. The molecule has 0 aliphatic carbocycles. The van der Waals surface area contributed by atoms with Crippen LogP contribution in [0.15, 0.2) is 12.1 Å². The number of benzene rings is 1. The van der Waals surface area contributed by atoms with Gasteiger partial charge in [-0.15, -0.1) is 11.6 Å². The molecule has 0 atom stereocenters. The Morgan fingerprint density at radius 1 is 1.53 bits per heavy atom. The predicted molar refractivity (Wildman–Crippen MR) is 57.6 cm³/mol. The third kappa shape index (κ3) is 2.37. The van der Waals surface area contributed by atoms with Crippen LogP contribution in [-0.2, 0) is 0 Å². The number of nitro benzene ring substituents is 1. The summed E-state index contributed by atoms with van der Waals surface area (Å²) in [6.45, 7) is 0. The highest BCUT2D eigenvalue weighted by Crippen LogP contribution is 2.29. The average Bonchev–Trinajstić information content (AvgIpc) is 2.20. The summed E-state index contributed by atoms with van der Waals surface area (Å²) in [5.74, 6) is -0.909. The summed E-state index contributed by atoms with van der Waals surface area (Å²) in [7, 11) is 0. The molecular formula is C8H6Cl2N2O3. The predicted octanol–water partition coefficient (Wildman–Crippen LogP) is 2.25. The highest BCUT2D eigenvalue weighted by atomic mass is 35.5. The molecule has 0 bridgehead atoms. The second-order valence-corrected chi connectivity index (χ2v) is 3.38. The highest BCUT2D eigenvalue weighted by Gasteiger charge is 2.21. The van der Waals surface area contributed by atoms with Gasteiger partial charge in [-0.05, 0) is 6.07 Å². The topological polar surface area (TPSA) is 86.2 Å². The van der Waals surface area contributed by atoms with Crippen molar-refractivity contribution in [2.24, 2.45) is 0 Å². The van der Waals surface area contributed by atoms with E-state index in [1.807, 2.05) is 0 Å². The maximum absolute atomic E-state index is 11.3. The van der Waals surface area contributed by atoms with E-state index in [1.165, 1.54) is 0 Å². The Labute approximate surface area is 94.9 Å². The zero-order chi connectivity index (χ0) is 11.6. The van der Waals surface area contributed by atoms with E-state index in [9.17, 15) is 14.9 Å². The molecule has 0 unspecified atom stereocenters. The van der Waals surface area contributed by atoms with Gasteiger partial charge in [0, 0.05) is 6.07 Å². The van der Waals surface area contributed by atoms with E-state index in [2.05, 4.69) is 0 Å². The lowest BCUT2D eigenvalue weighted by Gasteiger charge is -2.03. The van der Waals surface area contributed by atoms with Crippen LogP contribution in [-0.4, -0.2) is 16.6 Å². The Bertz CT molecular complexity index is 434. The first-order valence-corrected chi connectivity index (χ1v) is 4.71. The lowest BCUT2D eigenvalue weighted by molar-refractivity contribution is -0.385. The van der Waals surface area contributed by atoms with E-state index >= 15 is 0 Å². The minimum atomic E-state index is -0.703. The van der Waals surface area contributed by atoms with Crippen molar-refractivity contribution in [2.75, 3.05) is 11.6 Å². The molecule has 1 rings (SSSR count). The van der Waals surface area contributed by atoms with Gasteiger partial charge in [0.1, 0.15) is 0 Å². The number of Topliss-reactive ketones (excluding diaryl/α,β-unsaturated/α-hetero) is 1. The number of ketones is 1. The maximum atomic E-state index is 11.3. The van der Waals surface area contributed by atoms with Crippen LogP contribution in [0.1, 0.15) is 10.4 Å². The number of hydrogen-bond donors (Lipinski definition) is 1. The fraction of sp³-hybridized carbons (Fsp3) is 0.125. The minimum Gasteiger partial charge on any atom is -0.397 e. The van der Waals surface area contributed by atoms with Gasteiger partial charge in [0.05, 0.1) is 27.1 Å². The molecule has 5 nitrogen and oxygen atoms in total. The van der Waals surface area contributed by atoms with Gasteiger partial charge in [0.2, 0.25) is 0 Å². The van der Waals surface area contributed by atoms with Crippen LogP contribution in [0.2, 0.25) is 5.02 Å². The Morgan fingerprint density at radius 3 is 2.60 bits per heavy atom. The number of carbonyl (C=O) groups excluding carboxylic acids is 1. The molecule has 0 saturated heterocycles. The van der Waals surface area contributed by atoms with Crippen molar-refractivity contribution in [1.29, 1.82) is 0 Å². The van der Waals surface area contributed by atoms with Crippen LogP contribution in [0.4, 0.5) is 11.4 Å². The van der Waals surface area contributed by atoms with Crippen molar-refractivity contribution in [3.8, 4) is 0 Å². The summed E-state index contributed by atoms with van der Waals surface area (Å²) in [5, 5.41) is 10.7. The van der Waals surface area contributed by atoms with Gasteiger partial charge < -0.3 is 5.73 Å². The molecule has 0 heterocycles. The Morgan fingerprint density at radius 2 is 2.13 bits per heavy atom. The number of halogens is 2. The summed E-state index contributed by atoms with van der Waals surface area (Å²) in [4.78, 5) is 21.2. The third-order valence-corrected chi connectivity index (χ3v) is 2.30. The van der Waals surface area contributed by atoms with Crippen LogP contribution in [0.3, 0.4) is 0 Å². The van der Waals surface area contributed by atoms with Gasteiger partial charge in [0.25, 0.3) is 5.69 Å². The Balaban J connectivity index is 3.41. The normalized spacial score (nSPS) is 10.0. The van der Waals surface area contributed by atoms with E-state index in [0.29, 0.717) is 0 Å². The summed E-state index contributed by atoms with van der Waals surface area (Å²) in [6, 6.07) is 2.20. The number of nitrogens with zero attached hydrogens (tertiary/aromatic N) is 1. The second kappa shape index (κ2) is 4.46. The number of carbonyl (C=O) groups is 1. The zero-order valence-electron chi connectivity index (χ0n) is 7.37. The smallest absolute Gasteiger partial charge is 0.281 e. The zero-order valence-corrected chi connectivity index (χ0v) is 8.88. The van der Waals surface area contributed by atoms with Crippen LogP contribution in [0.25, 0.3) is 0 Å². The molecule has 0 aliphatic rings. The average molecular weight is 249 g/mol.